The summed E-state index contributed by atoms with van der Waals surface area (Å²) >= 11 is 0. The van der Waals surface area contributed by atoms with E-state index in [0.717, 1.165) is 0 Å². The average molecular weight is 1350 g/mol. The molecule has 0 N–H and O–H groups in total. The summed E-state index contributed by atoms with van der Waals surface area (Å²) in [6.07, 6.45) is -91.3. The zero-order valence-corrected chi connectivity index (χ0v) is 43.5. The minimum absolute atomic E-state index is 0.0860. The highest BCUT2D eigenvalue weighted by atomic mass is 28.4. The molecule has 488 valence electrons. The molecule has 0 spiro atoms. The molecule has 0 radical (unpaired) electrons. The number of hydrogen-bond acceptors (Lipinski definition) is 13. The van der Waals surface area contributed by atoms with Crippen LogP contribution in [0.25, 0.3) is 0 Å². The lowest BCUT2D eigenvalue weighted by Gasteiger charge is -2.47. The van der Waals surface area contributed by atoms with Crippen LogP contribution in [0.3, 0.4) is 0 Å². The Morgan fingerprint density at radius 2 is 0.543 bits per heavy atom. The van der Waals surface area contributed by atoms with Crippen molar-refractivity contribution in [3.8, 4) is 0 Å². The highest BCUT2D eigenvalue weighted by molar-refractivity contribution is 6.65. The second-order valence-electron chi connectivity index (χ2n) is 15.4. The highest BCUT2D eigenvalue weighted by Gasteiger charge is 2.88. The summed E-state index contributed by atoms with van der Waals surface area (Å²) in [5.41, 5.74) is -11.8. The van der Waals surface area contributed by atoms with Crippen LogP contribution >= 0.6 is 0 Å². The van der Waals surface area contributed by atoms with Gasteiger partial charge in [-0.2, -0.15) is 140 Å². The predicted octanol–water partition coefficient (Wildman–Crippen LogP) is 12.6. The molecular formula is C31H36F34O13Si3. The van der Waals surface area contributed by atoms with Gasteiger partial charge in [-0.1, -0.05) is 0 Å². The van der Waals surface area contributed by atoms with E-state index in [1.165, 1.54) is 9.47 Å². The van der Waals surface area contributed by atoms with Crippen LogP contribution in [0.15, 0.2) is 0 Å². The largest absolute Gasteiger partial charge is 0.509 e. The maximum absolute atomic E-state index is 17.3. The third kappa shape index (κ3) is 14.4. The van der Waals surface area contributed by atoms with Crippen LogP contribution in [0.4, 0.5) is 149 Å². The van der Waals surface area contributed by atoms with Crippen LogP contribution in [0, 0.1) is 0 Å². The first-order chi connectivity index (χ1) is 35.4. The lowest BCUT2D eigenvalue weighted by Crippen LogP contribution is -2.69. The fraction of sp³-hybridized carbons (Fsp3) is 1.00. The Balaban J connectivity index is 9.24. The fourth-order valence-corrected chi connectivity index (χ4v) is 15.1. The van der Waals surface area contributed by atoms with Crippen LogP contribution in [0.2, 0.25) is 16.6 Å². The lowest BCUT2D eigenvalue weighted by molar-refractivity contribution is -0.552. The Morgan fingerprint density at radius 3 is 0.778 bits per heavy atom. The van der Waals surface area contributed by atoms with Crippen molar-refractivity contribution in [1.82, 2.24) is 0 Å². The standard InChI is InChI=1S/C31H36F34O13Si3/c1-66-79(67-2,68-3)13(11-15(81(72-7,73-8)74-9)17(33,23(43,44)45)76-31(64,65)21(39,27(55,56)57)78-29(60,61)19(36,37)25(49,50)51)10-14(80(69-4,70-5)71-6)12-16(32,22(40,41)42)75-30(62,63)20(38,26(52,53)54)77-28(58,59)18(34,35)24(46,47)48/h13-15H,10-12H2,1-9H3. The van der Waals surface area contributed by atoms with Gasteiger partial charge in [0.1, 0.15) is 0 Å². The molecule has 81 heavy (non-hydrogen) atoms. The van der Waals surface area contributed by atoms with Crippen molar-refractivity contribution in [1.29, 1.82) is 0 Å². The van der Waals surface area contributed by atoms with Crippen molar-refractivity contribution in [2.45, 2.75) is 133 Å². The molecule has 0 aliphatic heterocycles. The number of hydrogen-bond donors (Lipinski definition) is 0. The van der Waals surface area contributed by atoms with Crippen LogP contribution in [0.5, 0.6) is 0 Å². The first kappa shape index (κ1) is 78.8. The molecule has 0 aliphatic rings. The van der Waals surface area contributed by atoms with Crippen molar-refractivity contribution in [3.63, 3.8) is 0 Å². The van der Waals surface area contributed by atoms with Crippen molar-refractivity contribution >= 4 is 26.4 Å². The van der Waals surface area contributed by atoms with Gasteiger partial charge in [0, 0.05) is 81.5 Å². The fourth-order valence-electron chi connectivity index (χ4n) is 6.82. The van der Waals surface area contributed by atoms with E-state index >= 15 is 48.3 Å². The third-order valence-electron chi connectivity index (χ3n) is 10.9. The number of halogens is 34. The molecule has 0 amide bonds. The first-order valence-corrected chi connectivity index (χ1v) is 25.0. The van der Waals surface area contributed by atoms with Gasteiger partial charge >= 0.3 is 123 Å². The van der Waals surface area contributed by atoms with E-state index in [1.54, 1.807) is 0 Å². The van der Waals surface area contributed by atoms with E-state index in [0.29, 0.717) is 0 Å². The van der Waals surface area contributed by atoms with Crippen LogP contribution in [0.1, 0.15) is 19.3 Å². The topological polar surface area (TPSA) is 120 Å². The second kappa shape index (κ2) is 24.5. The Kier molecular flexibility index (Phi) is 23.8. The SMILES string of the molecule is CO[Si](OC)(OC)C(CC(CC(F)(OC(F)(F)C(F)(OC(F)(F)C(F)(F)C(F)(F)F)C(F)(F)F)C(F)(F)F)[Si](OC)(OC)OC)CC(C(F)(OC(F)(F)C(F)(OC(F)(F)C(F)(F)C(F)(F)F)C(F)(F)F)C(F)(F)F)[Si](OC)(OC)OC. The summed E-state index contributed by atoms with van der Waals surface area (Å²) in [5, 5.41) is 0. The molecule has 0 saturated carbocycles. The summed E-state index contributed by atoms with van der Waals surface area (Å²) in [6.45, 7) is 0. The van der Waals surface area contributed by atoms with Crippen molar-refractivity contribution < 1.29 is 208 Å². The molecule has 7 atom stereocenters. The van der Waals surface area contributed by atoms with Crippen molar-refractivity contribution in [2.75, 3.05) is 64.0 Å². The summed E-state index contributed by atoms with van der Waals surface area (Å²) in [4.78, 5) is 0. The van der Waals surface area contributed by atoms with Crippen molar-refractivity contribution in [2.24, 2.45) is 0 Å². The Bertz CT molecular complexity index is 1990. The smallest absolute Gasteiger partial charge is 0.377 e. The molecule has 13 nitrogen and oxygen atoms in total. The van der Waals surface area contributed by atoms with Crippen LogP contribution < -0.4 is 0 Å². The normalized spacial score (nSPS) is 19.6. The monoisotopic (exact) mass is 1350 g/mol. The summed E-state index contributed by atoms with van der Waals surface area (Å²) in [5.74, 6) is -48.4. The van der Waals surface area contributed by atoms with Crippen LogP contribution in [-0.2, 0) is 58.8 Å². The molecule has 0 aromatic carbocycles. The lowest BCUT2D eigenvalue weighted by atomic mass is 10.0. The Hall–Kier alpha value is -2.25. The Morgan fingerprint density at radius 1 is 0.272 bits per heavy atom. The quantitative estimate of drug-likeness (QED) is 0.0484. The molecule has 0 bridgehead atoms. The zero-order chi connectivity index (χ0) is 65.5. The molecular weight excluding hydrogens is 1310 g/mol. The average Bonchev–Trinajstić information content (AvgIpc) is 3.27. The molecule has 50 heteroatoms. The van der Waals surface area contributed by atoms with Gasteiger partial charge in [0.25, 0.3) is 0 Å². The van der Waals surface area contributed by atoms with Crippen molar-refractivity contribution in [3.05, 3.63) is 0 Å². The van der Waals surface area contributed by atoms with E-state index < -0.39 is 159 Å². The molecule has 0 fully saturated rings. The third-order valence-corrected chi connectivity index (χ3v) is 20.4. The van der Waals surface area contributed by atoms with Gasteiger partial charge < -0.3 is 39.8 Å². The molecule has 0 heterocycles. The molecule has 0 saturated heterocycles. The molecule has 7 unspecified atom stereocenters. The maximum Gasteiger partial charge on any atom is 0.509 e. The number of alkyl halides is 34. The van der Waals surface area contributed by atoms with E-state index in [4.69, 9.17) is 13.3 Å². The predicted molar refractivity (Wildman–Crippen MR) is 191 cm³/mol. The first-order valence-electron chi connectivity index (χ1n) is 19.6. The van der Waals surface area contributed by atoms with Gasteiger partial charge in [0.15, 0.2) is 0 Å². The van der Waals surface area contributed by atoms with Crippen LogP contribution in [-0.4, -0.2) is 187 Å². The van der Waals surface area contributed by atoms with Gasteiger partial charge in [-0.25, -0.2) is 8.78 Å². The number of ether oxygens (including phenoxy) is 4. The molecule has 0 aliphatic carbocycles. The van der Waals surface area contributed by atoms with Gasteiger partial charge in [0.2, 0.25) is 0 Å². The number of rotatable bonds is 31. The van der Waals surface area contributed by atoms with E-state index in [2.05, 4.69) is 36.0 Å². The molecule has 0 rings (SSSR count). The van der Waals surface area contributed by atoms with Gasteiger partial charge in [-0.3, -0.25) is 18.9 Å². The van der Waals surface area contributed by atoms with E-state index in [-0.39, 0.29) is 64.0 Å². The minimum Gasteiger partial charge on any atom is -0.377 e. The maximum atomic E-state index is 17.3. The highest BCUT2D eigenvalue weighted by Crippen LogP contribution is 2.63. The summed E-state index contributed by atoms with van der Waals surface area (Å²) in [6, 6.07) is 0. The second-order valence-corrected chi connectivity index (χ2v) is 25.1. The van der Waals surface area contributed by atoms with Gasteiger partial charge in [-0.05, 0) is 12.8 Å². The molecule has 0 aromatic rings. The van der Waals surface area contributed by atoms with Gasteiger partial charge in [-0.15, -0.1) is 0 Å². The van der Waals surface area contributed by atoms with E-state index in [9.17, 15) is 101 Å². The zero-order valence-electron chi connectivity index (χ0n) is 40.5. The summed E-state index contributed by atoms with van der Waals surface area (Å²) in [7, 11) is -18.4. The van der Waals surface area contributed by atoms with E-state index in [1.807, 2.05) is 0 Å². The summed E-state index contributed by atoms with van der Waals surface area (Å²) < 4.78 is 536. The molecule has 0 aromatic heterocycles. The Labute approximate surface area is 431 Å². The van der Waals surface area contributed by atoms with Gasteiger partial charge in [0.05, 0.1) is 5.54 Å². The minimum atomic E-state index is -8.63.